The highest BCUT2D eigenvalue weighted by Crippen LogP contribution is 2.29. The molecule has 0 saturated carbocycles. The molecule has 0 radical (unpaired) electrons. The van der Waals surface area contributed by atoms with Gasteiger partial charge in [0.2, 0.25) is 0 Å². The topological polar surface area (TPSA) is 87.5 Å². The molecule has 20 heavy (non-hydrogen) atoms. The number of rotatable bonds is 4. The molecule has 2 heterocycles. The van der Waals surface area contributed by atoms with E-state index in [1.807, 2.05) is 19.2 Å². The van der Waals surface area contributed by atoms with Crippen LogP contribution in [0.2, 0.25) is 0 Å². The van der Waals surface area contributed by atoms with Gasteiger partial charge in [0.05, 0.1) is 12.0 Å². The molecule has 0 bridgehead atoms. The predicted molar refractivity (Wildman–Crippen MR) is 72.2 cm³/mol. The Morgan fingerprint density at radius 3 is 2.85 bits per heavy atom. The van der Waals surface area contributed by atoms with E-state index in [0.29, 0.717) is 19.5 Å². The Morgan fingerprint density at radius 2 is 2.30 bits per heavy atom. The number of amides is 2. The molecule has 1 saturated heterocycles. The van der Waals surface area contributed by atoms with E-state index in [-0.39, 0.29) is 18.6 Å². The molecule has 1 fully saturated rings. The van der Waals surface area contributed by atoms with E-state index >= 15 is 0 Å². The van der Waals surface area contributed by atoms with Crippen LogP contribution in [0.25, 0.3) is 0 Å². The van der Waals surface area contributed by atoms with Crippen LogP contribution in [-0.2, 0) is 11.3 Å². The Labute approximate surface area is 117 Å². The summed E-state index contributed by atoms with van der Waals surface area (Å²) in [6.45, 7) is 4.89. The summed E-state index contributed by atoms with van der Waals surface area (Å²) < 4.78 is 1.75. The van der Waals surface area contributed by atoms with Gasteiger partial charge in [0, 0.05) is 31.5 Å². The number of carbonyl (C=O) groups is 2. The number of aliphatic carboxylic acids is 1. The quantitative estimate of drug-likeness (QED) is 0.853. The first kappa shape index (κ1) is 14.4. The van der Waals surface area contributed by atoms with E-state index in [4.69, 9.17) is 5.11 Å². The van der Waals surface area contributed by atoms with Crippen molar-refractivity contribution < 1.29 is 14.7 Å². The third kappa shape index (κ3) is 3.09. The number of carboxylic acid groups (broad SMARTS) is 1. The molecule has 2 rings (SSSR count). The summed E-state index contributed by atoms with van der Waals surface area (Å²) in [6, 6.07) is 1.54. The van der Waals surface area contributed by atoms with Crippen LogP contribution in [-0.4, -0.2) is 50.9 Å². The fourth-order valence-corrected chi connectivity index (χ4v) is 2.35. The summed E-state index contributed by atoms with van der Waals surface area (Å²) in [5.41, 5.74) is -0.831. The fraction of sp³-hybridized carbons (Fsp3) is 0.615. The number of hydrogen-bond donors (Lipinski definition) is 2. The molecule has 1 aliphatic heterocycles. The van der Waals surface area contributed by atoms with Crippen molar-refractivity contribution in [3.05, 3.63) is 18.5 Å². The number of nitrogens with zero attached hydrogens (tertiary/aromatic N) is 3. The van der Waals surface area contributed by atoms with Gasteiger partial charge >= 0.3 is 12.0 Å². The summed E-state index contributed by atoms with van der Waals surface area (Å²) in [4.78, 5) is 24.8. The van der Waals surface area contributed by atoms with Gasteiger partial charge in [-0.2, -0.15) is 5.10 Å². The standard InChI is InChI=1S/C13H20N4O3/c1-10(8-17-6-3-5-14-17)15-12(20)16-7-4-13(2,9-16)11(18)19/h3,5-6,10H,4,7-9H2,1-2H3,(H,15,20)(H,18,19). The molecule has 2 unspecified atom stereocenters. The summed E-state index contributed by atoms with van der Waals surface area (Å²) >= 11 is 0. The average molecular weight is 280 g/mol. The molecule has 1 aliphatic rings. The third-order valence-electron chi connectivity index (χ3n) is 3.67. The number of carbonyl (C=O) groups excluding carboxylic acids is 1. The molecule has 2 atom stereocenters. The van der Waals surface area contributed by atoms with Crippen molar-refractivity contribution in [2.75, 3.05) is 13.1 Å². The molecular weight excluding hydrogens is 260 g/mol. The van der Waals surface area contributed by atoms with Gasteiger partial charge in [0.25, 0.3) is 0 Å². The number of nitrogens with one attached hydrogen (secondary N) is 1. The lowest BCUT2D eigenvalue weighted by atomic mass is 9.90. The molecule has 110 valence electrons. The molecule has 0 spiro atoms. The zero-order chi connectivity index (χ0) is 14.8. The summed E-state index contributed by atoms with van der Waals surface area (Å²) in [5.74, 6) is -0.850. The Kier molecular flexibility index (Phi) is 3.96. The van der Waals surface area contributed by atoms with Crippen molar-refractivity contribution in [2.24, 2.45) is 5.41 Å². The molecule has 2 N–H and O–H groups in total. The van der Waals surface area contributed by atoms with Crippen LogP contribution in [0.5, 0.6) is 0 Å². The molecule has 0 aromatic carbocycles. The largest absolute Gasteiger partial charge is 0.481 e. The van der Waals surface area contributed by atoms with Gasteiger partial charge in [-0.05, 0) is 26.3 Å². The zero-order valence-corrected chi connectivity index (χ0v) is 11.7. The first-order valence-corrected chi connectivity index (χ1v) is 6.67. The van der Waals surface area contributed by atoms with E-state index in [1.165, 1.54) is 0 Å². The summed E-state index contributed by atoms with van der Waals surface area (Å²) in [7, 11) is 0. The molecule has 1 aromatic heterocycles. The SMILES string of the molecule is CC(Cn1cccn1)NC(=O)N1CCC(C)(C(=O)O)C1. The fourth-order valence-electron chi connectivity index (χ4n) is 2.35. The highest BCUT2D eigenvalue weighted by molar-refractivity contribution is 5.79. The van der Waals surface area contributed by atoms with Crippen molar-refractivity contribution in [1.29, 1.82) is 0 Å². The van der Waals surface area contributed by atoms with Crippen LogP contribution in [0.15, 0.2) is 18.5 Å². The first-order valence-electron chi connectivity index (χ1n) is 6.67. The van der Waals surface area contributed by atoms with Crippen LogP contribution < -0.4 is 5.32 Å². The molecular formula is C13H20N4O3. The number of urea groups is 1. The van der Waals surface area contributed by atoms with Crippen LogP contribution >= 0.6 is 0 Å². The smallest absolute Gasteiger partial charge is 0.317 e. The third-order valence-corrected chi connectivity index (χ3v) is 3.67. The maximum absolute atomic E-state index is 12.1. The second-order valence-electron chi connectivity index (χ2n) is 5.62. The summed E-state index contributed by atoms with van der Waals surface area (Å²) in [6.07, 6.45) is 4.01. The van der Waals surface area contributed by atoms with Crippen molar-refractivity contribution >= 4 is 12.0 Å². The molecule has 7 nitrogen and oxygen atoms in total. The molecule has 7 heteroatoms. The lowest BCUT2D eigenvalue weighted by Crippen LogP contribution is -2.45. The van der Waals surface area contributed by atoms with Gasteiger partial charge in [-0.3, -0.25) is 9.48 Å². The normalized spacial score (nSPS) is 23.6. The van der Waals surface area contributed by atoms with E-state index in [2.05, 4.69) is 10.4 Å². The molecule has 0 aliphatic carbocycles. The molecule has 1 aromatic rings. The molecule has 2 amide bonds. The van der Waals surface area contributed by atoms with Gasteiger partial charge in [0.1, 0.15) is 0 Å². The Morgan fingerprint density at radius 1 is 1.55 bits per heavy atom. The Balaban J connectivity index is 1.85. The van der Waals surface area contributed by atoms with Gasteiger partial charge in [0.15, 0.2) is 0 Å². The van der Waals surface area contributed by atoms with Crippen LogP contribution in [0, 0.1) is 5.41 Å². The van der Waals surface area contributed by atoms with Gasteiger partial charge in [-0.25, -0.2) is 4.79 Å². The second-order valence-corrected chi connectivity index (χ2v) is 5.62. The van der Waals surface area contributed by atoms with E-state index in [9.17, 15) is 9.59 Å². The average Bonchev–Trinajstić information content (AvgIpc) is 2.99. The van der Waals surface area contributed by atoms with Crippen molar-refractivity contribution in [1.82, 2.24) is 20.0 Å². The van der Waals surface area contributed by atoms with Crippen LogP contribution in [0.1, 0.15) is 20.3 Å². The lowest BCUT2D eigenvalue weighted by Gasteiger charge is -2.22. The zero-order valence-electron chi connectivity index (χ0n) is 11.7. The minimum atomic E-state index is -0.850. The lowest BCUT2D eigenvalue weighted by molar-refractivity contribution is -0.146. The van der Waals surface area contributed by atoms with E-state index in [1.54, 1.807) is 22.7 Å². The highest BCUT2D eigenvalue weighted by atomic mass is 16.4. The minimum Gasteiger partial charge on any atom is -0.481 e. The maximum atomic E-state index is 12.1. The predicted octanol–water partition coefficient (Wildman–Crippen LogP) is 0.778. The number of hydrogen-bond acceptors (Lipinski definition) is 3. The number of likely N-dealkylation sites (tertiary alicyclic amines) is 1. The Hall–Kier alpha value is -2.05. The maximum Gasteiger partial charge on any atom is 0.317 e. The van der Waals surface area contributed by atoms with Gasteiger partial charge < -0.3 is 15.3 Å². The minimum absolute atomic E-state index is 0.0703. The number of carboxylic acids is 1. The van der Waals surface area contributed by atoms with Crippen LogP contribution in [0.3, 0.4) is 0 Å². The number of aromatic nitrogens is 2. The first-order chi connectivity index (χ1) is 9.40. The summed E-state index contributed by atoms with van der Waals surface area (Å²) in [5, 5.41) is 16.1. The van der Waals surface area contributed by atoms with Crippen molar-refractivity contribution in [3.63, 3.8) is 0 Å². The monoisotopic (exact) mass is 280 g/mol. The van der Waals surface area contributed by atoms with Gasteiger partial charge in [-0.15, -0.1) is 0 Å². The Bertz CT molecular complexity index is 488. The second kappa shape index (κ2) is 5.52. The van der Waals surface area contributed by atoms with Crippen LogP contribution in [0.4, 0.5) is 4.79 Å². The van der Waals surface area contributed by atoms with E-state index < -0.39 is 11.4 Å². The van der Waals surface area contributed by atoms with E-state index in [0.717, 1.165) is 0 Å². The van der Waals surface area contributed by atoms with Crippen molar-refractivity contribution in [3.8, 4) is 0 Å². The van der Waals surface area contributed by atoms with Crippen molar-refractivity contribution in [2.45, 2.75) is 32.9 Å². The highest BCUT2D eigenvalue weighted by Gasteiger charge is 2.42. The van der Waals surface area contributed by atoms with Gasteiger partial charge in [-0.1, -0.05) is 0 Å².